The van der Waals surface area contributed by atoms with Crippen LogP contribution in [-0.2, 0) is 0 Å². The Labute approximate surface area is 180 Å². The van der Waals surface area contributed by atoms with Crippen molar-refractivity contribution in [3.63, 3.8) is 0 Å². The Morgan fingerprint density at radius 1 is 1.16 bits per heavy atom. The van der Waals surface area contributed by atoms with Crippen LogP contribution in [0.25, 0.3) is 10.9 Å². The zero-order valence-corrected chi connectivity index (χ0v) is 17.3. The van der Waals surface area contributed by atoms with E-state index in [-0.39, 0.29) is 11.8 Å². The first-order valence-corrected chi connectivity index (χ1v) is 10.4. The number of hydrogen-bond donors (Lipinski definition) is 1. The van der Waals surface area contributed by atoms with Crippen molar-refractivity contribution < 1.29 is 19.1 Å². The zero-order chi connectivity index (χ0) is 21.4. The second-order valence-electron chi connectivity index (χ2n) is 8.00. The number of hydrogen-bond acceptors (Lipinski definition) is 5. The van der Waals surface area contributed by atoms with Crippen LogP contribution in [0.1, 0.15) is 33.6 Å². The lowest BCUT2D eigenvalue weighted by Crippen LogP contribution is -2.54. The average Bonchev–Trinajstić information content (AvgIpc) is 2.95. The van der Waals surface area contributed by atoms with Gasteiger partial charge in [0.25, 0.3) is 11.8 Å². The molecule has 0 bridgehead atoms. The molecule has 158 valence electrons. The molecule has 7 nitrogen and oxygen atoms in total. The van der Waals surface area contributed by atoms with Crippen molar-refractivity contribution in [2.24, 2.45) is 0 Å². The molecule has 31 heavy (non-hydrogen) atoms. The summed E-state index contributed by atoms with van der Waals surface area (Å²) in [4.78, 5) is 32.0. The summed E-state index contributed by atoms with van der Waals surface area (Å²) in [6, 6.07) is 14.6. The molecule has 0 unspecified atom stereocenters. The number of fused-ring (bicyclic) bond motifs is 2. The summed E-state index contributed by atoms with van der Waals surface area (Å²) in [5, 5.41) is 3.84. The van der Waals surface area contributed by atoms with Gasteiger partial charge in [0.1, 0.15) is 17.1 Å². The highest BCUT2D eigenvalue weighted by Crippen LogP contribution is 2.35. The summed E-state index contributed by atoms with van der Waals surface area (Å²) in [5.74, 6) is 1.000. The van der Waals surface area contributed by atoms with Crippen molar-refractivity contribution >= 4 is 22.7 Å². The van der Waals surface area contributed by atoms with E-state index in [1.54, 1.807) is 31.5 Å². The van der Waals surface area contributed by atoms with Crippen LogP contribution in [0.15, 0.2) is 54.7 Å². The van der Waals surface area contributed by atoms with Crippen molar-refractivity contribution in [2.75, 3.05) is 26.7 Å². The molecule has 1 N–H and O–H groups in total. The number of piperidine rings is 1. The van der Waals surface area contributed by atoms with Gasteiger partial charge in [0.2, 0.25) is 0 Å². The van der Waals surface area contributed by atoms with Gasteiger partial charge in [0.15, 0.2) is 0 Å². The normalized spacial score (nSPS) is 17.5. The number of nitrogens with zero attached hydrogens (tertiary/aromatic N) is 2. The van der Waals surface area contributed by atoms with Gasteiger partial charge in [-0.05, 0) is 30.3 Å². The molecule has 2 aliphatic rings. The summed E-state index contributed by atoms with van der Waals surface area (Å²) >= 11 is 0. The number of carbonyl (C=O) groups excluding carboxylic acids is 2. The molecule has 2 aliphatic heterocycles. The van der Waals surface area contributed by atoms with Gasteiger partial charge in [-0.3, -0.25) is 14.6 Å². The average molecular weight is 417 g/mol. The van der Waals surface area contributed by atoms with E-state index in [4.69, 9.17) is 9.47 Å². The van der Waals surface area contributed by atoms with Gasteiger partial charge in [-0.15, -0.1) is 0 Å². The third kappa shape index (κ3) is 3.46. The fourth-order valence-corrected chi connectivity index (χ4v) is 4.36. The zero-order valence-electron chi connectivity index (χ0n) is 17.3. The summed E-state index contributed by atoms with van der Waals surface area (Å²) in [5.41, 5.74) is 1.41. The molecule has 1 spiro atoms. The van der Waals surface area contributed by atoms with Crippen LogP contribution in [0.3, 0.4) is 0 Å². The predicted molar refractivity (Wildman–Crippen MR) is 116 cm³/mol. The first-order chi connectivity index (χ1) is 15.1. The molecule has 0 radical (unpaired) electrons. The molecule has 1 aromatic heterocycles. The lowest BCUT2D eigenvalue weighted by molar-refractivity contribution is 0.00769. The van der Waals surface area contributed by atoms with Gasteiger partial charge in [-0.1, -0.05) is 12.1 Å². The van der Waals surface area contributed by atoms with Crippen molar-refractivity contribution in [3.05, 3.63) is 65.9 Å². The van der Waals surface area contributed by atoms with Gasteiger partial charge >= 0.3 is 0 Å². The SMILES string of the molecule is COc1ccc2c(c1)OC1(CCN(C(=O)c3cccc4ncccc34)CC1)CNC2=O. The second kappa shape index (κ2) is 7.58. The highest BCUT2D eigenvalue weighted by atomic mass is 16.5. The molecule has 2 amide bonds. The van der Waals surface area contributed by atoms with Crippen LogP contribution in [0.5, 0.6) is 11.5 Å². The Kier molecular flexibility index (Phi) is 4.73. The van der Waals surface area contributed by atoms with Gasteiger partial charge in [-0.2, -0.15) is 0 Å². The molecule has 5 rings (SSSR count). The van der Waals surface area contributed by atoms with Crippen LogP contribution >= 0.6 is 0 Å². The molecule has 1 fully saturated rings. The first kappa shape index (κ1) is 19.4. The summed E-state index contributed by atoms with van der Waals surface area (Å²) in [6.45, 7) is 1.50. The fourth-order valence-electron chi connectivity index (χ4n) is 4.36. The molecular weight excluding hydrogens is 394 g/mol. The topological polar surface area (TPSA) is 80.8 Å². The summed E-state index contributed by atoms with van der Waals surface area (Å²) in [6.07, 6.45) is 2.98. The van der Waals surface area contributed by atoms with E-state index in [9.17, 15) is 9.59 Å². The Balaban J connectivity index is 1.37. The highest BCUT2D eigenvalue weighted by molar-refractivity contribution is 6.06. The van der Waals surface area contributed by atoms with Crippen molar-refractivity contribution in [2.45, 2.75) is 18.4 Å². The van der Waals surface area contributed by atoms with E-state index in [1.165, 1.54) is 0 Å². The lowest BCUT2D eigenvalue weighted by atomic mass is 9.90. The molecule has 7 heteroatoms. The lowest BCUT2D eigenvalue weighted by Gasteiger charge is -2.41. The Hall–Kier alpha value is -3.61. The number of amides is 2. The van der Waals surface area contributed by atoms with E-state index in [0.29, 0.717) is 55.1 Å². The molecule has 0 atom stereocenters. The van der Waals surface area contributed by atoms with Crippen molar-refractivity contribution in [1.29, 1.82) is 0 Å². The number of ether oxygens (including phenoxy) is 2. The summed E-state index contributed by atoms with van der Waals surface area (Å²) < 4.78 is 11.7. The van der Waals surface area contributed by atoms with E-state index in [2.05, 4.69) is 10.3 Å². The number of likely N-dealkylation sites (tertiary alicyclic amines) is 1. The number of pyridine rings is 1. The number of methoxy groups -OCH3 is 1. The molecule has 3 aromatic rings. The molecule has 0 saturated carbocycles. The van der Waals surface area contributed by atoms with E-state index in [1.807, 2.05) is 35.2 Å². The van der Waals surface area contributed by atoms with Crippen molar-refractivity contribution in [1.82, 2.24) is 15.2 Å². The molecule has 1 saturated heterocycles. The third-order valence-electron chi connectivity index (χ3n) is 6.17. The van der Waals surface area contributed by atoms with Gasteiger partial charge in [-0.25, -0.2) is 0 Å². The molecule has 3 heterocycles. The quantitative estimate of drug-likeness (QED) is 0.693. The molecular formula is C24H23N3O4. The predicted octanol–water partition coefficient (Wildman–Crippen LogP) is 3.04. The van der Waals surface area contributed by atoms with Crippen LogP contribution < -0.4 is 14.8 Å². The largest absolute Gasteiger partial charge is 0.497 e. The van der Waals surface area contributed by atoms with Crippen LogP contribution in [-0.4, -0.2) is 54.0 Å². The first-order valence-electron chi connectivity index (χ1n) is 10.4. The number of benzene rings is 2. The minimum atomic E-state index is -0.551. The number of carbonyl (C=O) groups is 2. The monoisotopic (exact) mass is 417 g/mol. The fraction of sp³-hybridized carbons (Fsp3) is 0.292. The second-order valence-corrected chi connectivity index (χ2v) is 8.00. The van der Waals surface area contributed by atoms with Gasteiger partial charge < -0.3 is 19.7 Å². The van der Waals surface area contributed by atoms with Crippen LogP contribution in [0.4, 0.5) is 0 Å². The smallest absolute Gasteiger partial charge is 0.255 e. The van der Waals surface area contributed by atoms with E-state index < -0.39 is 5.60 Å². The molecule has 0 aliphatic carbocycles. The van der Waals surface area contributed by atoms with E-state index in [0.717, 1.165) is 10.9 Å². The minimum absolute atomic E-state index is 0.00632. The maximum absolute atomic E-state index is 13.3. The highest BCUT2D eigenvalue weighted by Gasteiger charge is 2.41. The third-order valence-corrected chi connectivity index (χ3v) is 6.17. The van der Waals surface area contributed by atoms with Crippen molar-refractivity contribution in [3.8, 4) is 11.5 Å². The maximum atomic E-state index is 13.3. The number of rotatable bonds is 2. The van der Waals surface area contributed by atoms with Crippen LogP contribution in [0.2, 0.25) is 0 Å². The van der Waals surface area contributed by atoms with Gasteiger partial charge in [0.05, 0.1) is 24.7 Å². The van der Waals surface area contributed by atoms with Crippen LogP contribution in [0, 0.1) is 0 Å². The van der Waals surface area contributed by atoms with Gasteiger partial charge in [0, 0.05) is 49.1 Å². The maximum Gasteiger partial charge on any atom is 0.255 e. The Bertz CT molecular complexity index is 1160. The number of nitrogens with one attached hydrogen (secondary N) is 1. The van der Waals surface area contributed by atoms with E-state index >= 15 is 0 Å². The number of aromatic nitrogens is 1. The minimum Gasteiger partial charge on any atom is -0.497 e. The molecule has 2 aromatic carbocycles. The standard InChI is InChI=1S/C24H23N3O4/c1-30-16-7-8-19-21(14-16)31-24(15-26-22(19)28)9-12-27(13-10-24)23(29)18-4-2-6-20-17(18)5-3-11-25-20/h2-8,11,14H,9-10,12-13,15H2,1H3,(H,26,28). The summed E-state index contributed by atoms with van der Waals surface area (Å²) in [7, 11) is 1.58. The Morgan fingerprint density at radius 2 is 2.00 bits per heavy atom. The Morgan fingerprint density at radius 3 is 2.81 bits per heavy atom.